The quantitative estimate of drug-likeness (QED) is 0.0251. The van der Waals surface area contributed by atoms with Crippen LogP contribution in [0.2, 0.25) is 0 Å². The zero-order valence-corrected chi connectivity index (χ0v) is 43.3. The van der Waals surface area contributed by atoms with Gasteiger partial charge in [0.1, 0.15) is 17.5 Å². The van der Waals surface area contributed by atoms with Crippen molar-refractivity contribution >= 4 is 23.8 Å². The van der Waals surface area contributed by atoms with Gasteiger partial charge in [0.15, 0.2) is 0 Å². The molecule has 1 aromatic carbocycles. The van der Waals surface area contributed by atoms with Crippen LogP contribution in [0.4, 0.5) is 11.4 Å². The highest BCUT2D eigenvalue weighted by atomic mass is 16.5. The summed E-state index contributed by atoms with van der Waals surface area (Å²) >= 11 is 0. The predicted molar refractivity (Wildman–Crippen MR) is 278 cm³/mol. The number of nitrogens with one attached hydrogen (secondary N) is 2. The molecule has 0 fully saturated rings. The van der Waals surface area contributed by atoms with E-state index in [4.69, 9.17) is 19.4 Å². The standard InChI is InChI=1S/C54H103N3O5.CH2O2/c1-6-10-14-18-21-29-38-49(39-30-22-19-15-11-7-2)62-50(58)40-31-23-20-24-32-43-57(45-35-42-56-52-51(55-5)53(59)54(52)60)44-33-25-26-34-46-61-47-41-48(36-27-16-12-8-3)37-28-17-13-9-4;2-1-3/h48-49,55-56H,6-47H2,1-5H3;1H,(H,2,3). The van der Waals surface area contributed by atoms with E-state index in [0.717, 1.165) is 90.1 Å². The molecule has 0 saturated heterocycles. The van der Waals surface area contributed by atoms with Crippen molar-refractivity contribution in [1.29, 1.82) is 0 Å². The average molecular weight is 920 g/mol. The van der Waals surface area contributed by atoms with Gasteiger partial charge in [-0.2, -0.15) is 0 Å². The second-order valence-corrected chi connectivity index (χ2v) is 19.0. The first-order valence-electron chi connectivity index (χ1n) is 27.6. The summed E-state index contributed by atoms with van der Waals surface area (Å²) in [4.78, 5) is 47.7. The van der Waals surface area contributed by atoms with E-state index in [9.17, 15) is 14.4 Å². The molecule has 0 amide bonds. The number of carboxylic acid groups (broad SMARTS) is 1. The molecule has 3 N–H and O–H groups in total. The summed E-state index contributed by atoms with van der Waals surface area (Å²) in [6.45, 7) is 14.5. The number of nitrogens with zero attached hydrogens (tertiary/aromatic N) is 1. The van der Waals surface area contributed by atoms with Crippen molar-refractivity contribution in [2.75, 3.05) is 57.1 Å². The maximum absolute atomic E-state index is 12.9. The fraction of sp³-hybridized carbons (Fsp3) is 0.891. The van der Waals surface area contributed by atoms with E-state index in [1.807, 2.05) is 0 Å². The van der Waals surface area contributed by atoms with Gasteiger partial charge in [0.25, 0.3) is 17.3 Å². The number of carbonyl (C=O) groups excluding carboxylic acids is 1. The Bertz CT molecular complexity index is 1220. The van der Waals surface area contributed by atoms with Gasteiger partial charge in [0, 0.05) is 33.2 Å². The Morgan fingerprint density at radius 1 is 0.538 bits per heavy atom. The van der Waals surface area contributed by atoms with E-state index < -0.39 is 10.9 Å². The van der Waals surface area contributed by atoms with Gasteiger partial charge >= 0.3 is 5.97 Å². The molecule has 1 aromatic rings. The van der Waals surface area contributed by atoms with Crippen molar-refractivity contribution in [3.63, 3.8) is 0 Å². The minimum atomic E-state index is -0.421. The molecule has 0 bridgehead atoms. The van der Waals surface area contributed by atoms with Crippen LogP contribution in [0.1, 0.15) is 259 Å². The molecule has 0 aromatic heterocycles. The highest BCUT2D eigenvalue weighted by molar-refractivity contribution is 5.73. The molecular formula is C55H105N3O7. The van der Waals surface area contributed by atoms with Gasteiger partial charge in [0.2, 0.25) is 0 Å². The van der Waals surface area contributed by atoms with Crippen LogP contribution in [0.5, 0.6) is 0 Å². The Morgan fingerprint density at radius 3 is 1.48 bits per heavy atom. The van der Waals surface area contributed by atoms with Crippen molar-refractivity contribution in [1.82, 2.24) is 4.90 Å². The molecular weight excluding hydrogens is 815 g/mol. The summed E-state index contributed by atoms with van der Waals surface area (Å²) in [5, 5.41) is 13.0. The third kappa shape index (κ3) is 37.2. The lowest BCUT2D eigenvalue weighted by Crippen LogP contribution is -2.37. The van der Waals surface area contributed by atoms with Crippen molar-refractivity contribution in [3.8, 4) is 0 Å². The molecule has 0 unspecified atom stereocenters. The van der Waals surface area contributed by atoms with Gasteiger partial charge in [0.05, 0.1) is 0 Å². The summed E-state index contributed by atoms with van der Waals surface area (Å²) in [5.74, 6) is 0.850. The van der Waals surface area contributed by atoms with Crippen molar-refractivity contribution in [2.45, 2.75) is 265 Å². The molecule has 382 valence electrons. The highest BCUT2D eigenvalue weighted by Gasteiger charge is 2.19. The number of esters is 1. The number of hydrogen-bond acceptors (Lipinski definition) is 9. The van der Waals surface area contributed by atoms with Crippen molar-refractivity contribution in [3.05, 3.63) is 20.4 Å². The van der Waals surface area contributed by atoms with Crippen LogP contribution in [-0.4, -0.2) is 75.0 Å². The first-order valence-corrected chi connectivity index (χ1v) is 27.6. The summed E-state index contributed by atoms with van der Waals surface area (Å²) in [7, 11) is 1.69. The molecule has 10 nitrogen and oxygen atoms in total. The molecule has 0 spiro atoms. The molecule has 0 aliphatic rings. The van der Waals surface area contributed by atoms with E-state index in [1.54, 1.807) is 7.05 Å². The fourth-order valence-corrected chi connectivity index (χ4v) is 8.99. The highest BCUT2D eigenvalue weighted by Crippen LogP contribution is 2.22. The number of rotatable bonds is 49. The number of unbranched alkanes of at least 4 members (excludes halogenated alkanes) is 23. The third-order valence-corrected chi connectivity index (χ3v) is 13.1. The first kappa shape index (κ1) is 62.5. The van der Waals surface area contributed by atoms with Crippen LogP contribution in [-0.2, 0) is 19.1 Å². The van der Waals surface area contributed by atoms with E-state index in [0.29, 0.717) is 24.3 Å². The van der Waals surface area contributed by atoms with Crippen molar-refractivity contribution < 1.29 is 24.2 Å². The second-order valence-electron chi connectivity index (χ2n) is 19.0. The largest absolute Gasteiger partial charge is 0.483 e. The van der Waals surface area contributed by atoms with Crippen LogP contribution >= 0.6 is 0 Å². The summed E-state index contributed by atoms with van der Waals surface area (Å²) in [6.07, 6.45) is 44.1. The van der Waals surface area contributed by atoms with Gasteiger partial charge < -0.3 is 30.1 Å². The van der Waals surface area contributed by atoms with Crippen LogP contribution in [0.25, 0.3) is 0 Å². The Morgan fingerprint density at radius 2 is 0.954 bits per heavy atom. The predicted octanol–water partition coefficient (Wildman–Crippen LogP) is 14.4. The Hall–Kier alpha value is -2.46. The fourth-order valence-electron chi connectivity index (χ4n) is 8.99. The van der Waals surface area contributed by atoms with E-state index in [2.05, 4.69) is 43.2 Å². The Kier molecular flexibility index (Phi) is 46.2. The lowest BCUT2D eigenvalue weighted by molar-refractivity contribution is -0.150. The van der Waals surface area contributed by atoms with E-state index in [-0.39, 0.29) is 18.5 Å². The summed E-state index contributed by atoms with van der Waals surface area (Å²) < 4.78 is 12.2. The first-order chi connectivity index (χ1) is 31.8. The zero-order valence-electron chi connectivity index (χ0n) is 43.3. The number of carbonyl (C=O) groups is 2. The second kappa shape index (κ2) is 48.0. The zero-order chi connectivity index (χ0) is 47.9. The molecule has 0 aliphatic heterocycles. The lowest BCUT2D eigenvalue weighted by Gasteiger charge is -2.23. The van der Waals surface area contributed by atoms with Gasteiger partial charge in [-0.3, -0.25) is 19.2 Å². The molecule has 1 rings (SSSR count). The number of anilines is 2. The molecule has 0 aliphatic carbocycles. The molecule has 0 atom stereocenters. The number of hydrogen-bond donors (Lipinski definition) is 3. The van der Waals surface area contributed by atoms with Crippen LogP contribution in [0, 0.1) is 5.92 Å². The maximum atomic E-state index is 12.9. The normalized spacial score (nSPS) is 11.4. The lowest BCUT2D eigenvalue weighted by atomic mass is 9.92. The molecule has 10 heteroatoms. The smallest absolute Gasteiger partial charge is 0.306 e. The Labute approximate surface area is 400 Å². The monoisotopic (exact) mass is 920 g/mol. The van der Waals surface area contributed by atoms with Crippen molar-refractivity contribution in [2.24, 2.45) is 5.92 Å². The van der Waals surface area contributed by atoms with Gasteiger partial charge in [-0.15, -0.1) is 0 Å². The summed E-state index contributed by atoms with van der Waals surface area (Å²) in [6, 6.07) is 0. The van der Waals surface area contributed by atoms with Crippen LogP contribution in [0.3, 0.4) is 0 Å². The van der Waals surface area contributed by atoms with Gasteiger partial charge in [-0.1, -0.05) is 188 Å². The van der Waals surface area contributed by atoms with Gasteiger partial charge in [-0.25, -0.2) is 0 Å². The summed E-state index contributed by atoms with van der Waals surface area (Å²) in [5.41, 5.74) is 0.0229. The van der Waals surface area contributed by atoms with E-state index >= 15 is 0 Å². The molecule has 0 radical (unpaired) electrons. The number of ether oxygens (including phenoxy) is 2. The maximum Gasteiger partial charge on any atom is 0.306 e. The van der Waals surface area contributed by atoms with Gasteiger partial charge in [-0.05, 0) is 89.8 Å². The van der Waals surface area contributed by atoms with Crippen LogP contribution in [0.15, 0.2) is 9.59 Å². The molecule has 0 heterocycles. The van der Waals surface area contributed by atoms with Crippen LogP contribution < -0.4 is 21.5 Å². The van der Waals surface area contributed by atoms with E-state index in [1.165, 1.54) is 173 Å². The minimum absolute atomic E-state index is 0.0128. The topological polar surface area (TPSA) is 134 Å². The third-order valence-electron chi connectivity index (χ3n) is 13.1. The molecule has 65 heavy (non-hydrogen) atoms. The SMILES string of the molecule is CCCCCCCCC(CCCCCCCC)OC(=O)CCCCCCCN(CCCCCCOCCC(CCCCCC)CCCCCC)CCCNc1c(NC)c(=O)c1=O.O=CO. The molecule has 0 saturated carbocycles. The minimum Gasteiger partial charge on any atom is -0.483 e. The Balaban J connectivity index is 0.0000132. The average Bonchev–Trinajstić information content (AvgIpc) is 3.30.